The number of nitrogens with one attached hydrogen (secondary N) is 1. The van der Waals surface area contributed by atoms with Gasteiger partial charge in [-0.15, -0.1) is 0 Å². The molecule has 7 nitrogen and oxygen atoms in total. The van der Waals surface area contributed by atoms with Crippen molar-refractivity contribution in [2.24, 2.45) is 0 Å². The van der Waals surface area contributed by atoms with Gasteiger partial charge >= 0.3 is 0 Å². The second-order valence-electron chi connectivity index (χ2n) is 6.83. The van der Waals surface area contributed by atoms with Gasteiger partial charge in [0.05, 0.1) is 11.9 Å². The first-order valence-corrected chi connectivity index (χ1v) is 10.8. The third kappa shape index (κ3) is 4.06. The van der Waals surface area contributed by atoms with E-state index in [1.807, 2.05) is 26.0 Å². The molecule has 0 bridgehead atoms. The number of carbonyl (C=O) groups is 1. The summed E-state index contributed by atoms with van der Waals surface area (Å²) in [5.74, 6) is 0.742. The molecule has 0 unspecified atom stereocenters. The maximum absolute atomic E-state index is 13.0. The Labute approximate surface area is 165 Å². The highest BCUT2D eigenvalue weighted by Gasteiger charge is 2.32. The summed E-state index contributed by atoms with van der Waals surface area (Å²) < 4.78 is 37.0. The summed E-state index contributed by atoms with van der Waals surface area (Å²) in [5.41, 5.74) is 2.72. The third-order valence-corrected chi connectivity index (χ3v) is 5.74. The van der Waals surface area contributed by atoms with Crippen LogP contribution in [0.5, 0.6) is 11.5 Å². The van der Waals surface area contributed by atoms with Gasteiger partial charge < -0.3 is 14.8 Å². The lowest BCUT2D eigenvalue weighted by Crippen LogP contribution is -2.47. The number of rotatable bonds is 6. The molecule has 1 aliphatic heterocycles. The second-order valence-corrected chi connectivity index (χ2v) is 8.69. The lowest BCUT2D eigenvalue weighted by Gasteiger charge is -2.31. The molecule has 0 aliphatic carbocycles. The summed E-state index contributed by atoms with van der Waals surface area (Å²) >= 11 is 0. The number of fused-ring (bicyclic) bond motifs is 1. The minimum atomic E-state index is -3.69. The minimum Gasteiger partial charge on any atom is -0.454 e. The average Bonchev–Trinajstić information content (AvgIpc) is 3.08. The Bertz CT molecular complexity index is 1000. The molecule has 1 atom stereocenters. The molecule has 1 amide bonds. The number of hydrogen-bond acceptors (Lipinski definition) is 5. The zero-order chi connectivity index (χ0) is 20.5. The first kappa shape index (κ1) is 20.0. The van der Waals surface area contributed by atoms with Crippen LogP contribution >= 0.6 is 0 Å². The topological polar surface area (TPSA) is 84.9 Å². The SMILES string of the molecule is CC[C@H](C(=O)Nc1ccc2c(c1)OCO2)N(c1cc(C)ccc1C)S(C)(=O)=O. The standard InChI is InChI=1S/C20H24N2O5S/c1-5-16(20(23)21-15-8-9-18-19(11-15)27-12-26-18)22(28(4,24)25)17-10-13(2)6-7-14(17)3/h6-11,16H,5,12H2,1-4H3,(H,21,23)/t16-/m1/s1. The largest absolute Gasteiger partial charge is 0.454 e. The van der Waals surface area contributed by atoms with Crippen molar-refractivity contribution in [3.63, 3.8) is 0 Å². The number of anilines is 2. The zero-order valence-corrected chi connectivity index (χ0v) is 17.2. The lowest BCUT2D eigenvalue weighted by molar-refractivity contribution is -0.117. The van der Waals surface area contributed by atoms with Crippen LogP contribution in [0.1, 0.15) is 24.5 Å². The van der Waals surface area contributed by atoms with Crippen molar-refractivity contribution >= 4 is 27.3 Å². The van der Waals surface area contributed by atoms with Gasteiger partial charge in [-0.05, 0) is 49.6 Å². The van der Waals surface area contributed by atoms with Crippen molar-refractivity contribution in [3.8, 4) is 11.5 Å². The molecular weight excluding hydrogens is 380 g/mol. The quantitative estimate of drug-likeness (QED) is 0.799. The Morgan fingerprint density at radius 3 is 2.54 bits per heavy atom. The number of amides is 1. The molecule has 2 aromatic carbocycles. The molecule has 0 fully saturated rings. The number of carbonyl (C=O) groups excluding carboxylic acids is 1. The fourth-order valence-electron chi connectivity index (χ4n) is 3.19. The average molecular weight is 404 g/mol. The van der Waals surface area contributed by atoms with Crippen LogP contribution in [0.25, 0.3) is 0 Å². The molecule has 1 aliphatic rings. The Balaban J connectivity index is 1.94. The summed E-state index contributed by atoms with van der Waals surface area (Å²) in [6.45, 7) is 5.64. The number of benzene rings is 2. The van der Waals surface area contributed by atoms with E-state index in [1.54, 1.807) is 31.2 Å². The van der Waals surface area contributed by atoms with Gasteiger partial charge in [0.1, 0.15) is 6.04 Å². The van der Waals surface area contributed by atoms with Crippen LogP contribution in [0, 0.1) is 13.8 Å². The van der Waals surface area contributed by atoms with Crippen LogP contribution in [-0.4, -0.2) is 33.4 Å². The van der Waals surface area contributed by atoms with Crippen molar-refractivity contribution in [2.75, 3.05) is 22.7 Å². The van der Waals surface area contributed by atoms with E-state index in [0.29, 0.717) is 29.3 Å². The molecule has 3 rings (SSSR count). The maximum Gasteiger partial charge on any atom is 0.248 e. The summed E-state index contributed by atoms with van der Waals surface area (Å²) in [7, 11) is -3.69. The van der Waals surface area contributed by atoms with E-state index in [-0.39, 0.29) is 6.79 Å². The normalized spacial score (nSPS) is 13.9. The maximum atomic E-state index is 13.0. The number of sulfonamides is 1. The Morgan fingerprint density at radius 2 is 1.86 bits per heavy atom. The molecule has 0 aromatic heterocycles. The zero-order valence-electron chi connectivity index (χ0n) is 16.4. The van der Waals surface area contributed by atoms with Gasteiger partial charge in [-0.3, -0.25) is 9.10 Å². The van der Waals surface area contributed by atoms with Crippen LogP contribution in [-0.2, 0) is 14.8 Å². The lowest BCUT2D eigenvalue weighted by atomic mass is 10.1. The van der Waals surface area contributed by atoms with Crippen molar-refractivity contribution in [1.82, 2.24) is 0 Å². The molecule has 0 radical (unpaired) electrons. The summed E-state index contributed by atoms with van der Waals surface area (Å²) in [6, 6.07) is 9.72. The molecule has 28 heavy (non-hydrogen) atoms. The monoisotopic (exact) mass is 404 g/mol. The first-order valence-electron chi connectivity index (χ1n) is 8.98. The van der Waals surface area contributed by atoms with Crippen LogP contribution in [0.15, 0.2) is 36.4 Å². The summed E-state index contributed by atoms with van der Waals surface area (Å²) in [4.78, 5) is 13.0. The fraction of sp³-hybridized carbons (Fsp3) is 0.350. The van der Waals surface area contributed by atoms with E-state index in [2.05, 4.69) is 5.32 Å². The predicted octanol–water partition coefficient (Wildman–Crippen LogP) is 3.22. The number of hydrogen-bond donors (Lipinski definition) is 1. The highest BCUT2D eigenvalue weighted by Crippen LogP contribution is 2.34. The highest BCUT2D eigenvalue weighted by atomic mass is 32.2. The van der Waals surface area contributed by atoms with Crippen LogP contribution in [0.3, 0.4) is 0 Å². The van der Waals surface area contributed by atoms with Crippen LogP contribution in [0.4, 0.5) is 11.4 Å². The second kappa shape index (κ2) is 7.71. The summed E-state index contributed by atoms with van der Waals surface area (Å²) in [6.07, 6.45) is 1.43. The Kier molecular flexibility index (Phi) is 5.51. The third-order valence-electron chi connectivity index (χ3n) is 4.57. The van der Waals surface area contributed by atoms with E-state index in [0.717, 1.165) is 17.4 Å². The molecule has 8 heteroatoms. The van der Waals surface area contributed by atoms with Gasteiger partial charge in [0.25, 0.3) is 0 Å². The van der Waals surface area contributed by atoms with Gasteiger partial charge in [0.15, 0.2) is 11.5 Å². The molecule has 150 valence electrons. The summed E-state index contributed by atoms with van der Waals surface area (Å²) in [5, 5.41) is 2.80. The smallest absolute Gasteiger partial charge is 0.248 e. The minimum absolute atomic E-state index is 0.138. The van der Waals surface area contributed by atoms with Crippen molar-refractivity contribution in [2.45, 2.75) is 33.2 Å². The van der Waals surface area contributed by atoms with Gasteiger partial charge in [-0.2, -0.15) is 0 Å². The molecule has 1 N–H and O–H groups in total. The Hall–Kier alpha value is -2.74. The van der Waals surface area contributed by atoms with Crippen LogP contribution < -0.4 is 19.1 Å². The molecular formula is C20H24N2O5S. The van der Waals surface area contributed by atoms with E-state index in [1.165, 1.54) is 4.31 Å². The van der Waals surface area contributed by atoms with E-state index in [4.69, 9.17) is 9.47 Å². The van der Waals surface area contributed by atoms with Gasteiger partial charge in [0.2, 0.25) is 22.7 Å². The van der Waals surface area contributed by atoms with Crippen molar-refractivity contribution in [1.29, 1.82) is 0 Å². The predicted molar refractivity (Wildman–Crippen MR) is 109 cm³/mol. The van der Waals surface area contributed by atoms with Gasteiger partial charge in [0, 0.05) is 11.8 Å². The van der Waals surface area contributed by atoms with E-state index < -0.39 is 22.0 Å². The molecule has 0 saturated carbocycles. The van der Waals surface area contributed by atoms with Crippen molar-refractivity contribution < 1.29 is 22.7 Å². The van der Waals surface area contributed by atoms with Gasteiger partial charge in [-0.25, -0.2) is 8.42 Å². The van der Waals surface area contributed by atoms with E-state index >= 15 is 0 Å². The number of nitrogens with zero attached hydrogens (tertiary/aromatic N) is 1. The first-order chi connectivity index (χ1) is 13.2. The molecule has 2 aromatic rings. The number of ether oxygens (including phenoxy) is 2. The number of aryl methyl sites for hydroxylation is 2. The van der Waals surface area contributed by atoms with Gasteiger partial charge in [-0.1, -0.05) is 19.1 Å². The van der Waals surface area contributed by atoms with Crippen LogP contribution in [0.2, 0.25) is 0 Å². The Morgan fingerprint density at radius 1 is 1.14 bits per heavy atom. The van der Waals surface area contributed by atoms with Crippen molar-refractivity contribution in [3.05, 3.63) is 47.5 Å². The molecule has 0 saturated heterocycles. The fourth-order valence-corrected chi connectivity index (χ4v) is 4.45. The highest BCUT2D eigenvalue weighted by molar-refractivity contribution is 7.92. The molecule has 1 heterocycles. The van der Waals surface area contributed by atoms with E-state index in [9.17, 15) is 13.2 Å². The molecule has 0 spiro atoms.